The number of nitrogens with one attached hydrogen (secondary N) is 1. The highest BCUT2D eigenvalue weighted by molar-refractivity contribution is 5.19. The summed E-state index contributed by atoms with van der Waals surface area (Å²) in [5.41, 5.74) is 1.18. The maximum atomic E-state index is 12.3. The lowest BCUT2D eigenvalue weighted by Gasteiger charge is -2.29. The summed E-state index contributed by atoms with van der Waals surface area (Å²) in [4.78, 5) is 1.76. The summed E-state index contributed by atoms with van der Waals surface area (Å²) in [5, 5.41) is 3.43. The van der Waals surface area contributed by atoms with Gasteiger partial charge >= 0.3 is 6.18 Å². The summed E-state index contributed by atoms with van der Waals surface area (Å²) in [5.74, 6) is 0.227. The summed E-state index contributed by atoms with van der Waals surface area (Å²) >= 11 is 0. The molecule has 0 aliphatic carbocycles. The van der Waals surface area contributed by atoms with Crippen LogP contribution in [0.25, 0.3) is 0 Å². The van der Waals surface area contributed by atoms with Crippen molar-refractivity contribution in [3.05, 3.63) is 35.9 Å². The van der Waals surface area contributed by atoms with Crippen LogP contribution in [0, 0.1) is 5.92 Å². The van der Waals surface area contributed by atoms with Gasteiger partial charge in [-0.3, -0.25) is 0 Å². The molecule has 120 valence electrons. The molecule has 0 heterocycles. The number of halogens is 3. The van der Waals surface area contributed by atoms with Crippen LogP contribution in [0.1, 0.15) is 31.9 Å². The van der Waals surface area contributed by atoms with Crippen molar-refractivity contribution in [1.82, 2.24) is 10.2 Å². The molecule has 0 saturated heterocycles. The molecule has 0 fully saturated rings. The predicted molar refractivity (Wildman–Crippen MR) is 80.2 cm³/mol. The zero-order valence-corrected chi connectivity index (χ0v) is 13.0. The zero-order chi connectivity index (χ0) is 15.9. The molecule has 0 saturated carbocycles. The Bertz CT molecular complexity index is 392. The molecule has 1 aromatic rings. The second-order valence-corrected chi connectivity index (χ2v) is 5.55. The number of nitrogens with zero attached hydrogens (tertiary/aromatic N) is 1. The van der Waals surface area contributed by atoms with Crippen molar-refractivity contribution < 1.29 is 13.2 Å². The van der Waals surface area contributed by atoms with Gasteiger partial charge in [0.2, 0.25) is 0 Å². The van der Waals surface area contributed by atoms with Gasteiger partial charge in [0.05, 0.1) is 6.42 Å². The van der Waals surface area contributed by atoms with Crippen LogP contribution in [-0.4, -0.2) is 37.8 Å². The topological polar surface area (TPSA) is 15.3 Å². The normalized spacial score (nSPS) is 15.2. The fourth-order valence-corrected chi connectivity index (χ4v) is 2.53. The van der Waals surface area contributed by atoms with Gasteiger partial charge in [0.15, 0.2) is 0 Å². The molecular formula is C16H25F3N2. The van der Waals surface area contributed by atoms with Gasteiger partial charge in [0.1, 0.15) is 0 Å². The van der Waals surface area contributed by atoms with E-state index in [1.165, 1.54) is 5.56 Å². The van der Waals surface area contributed by atoms with Crippen LogP contribution in [-0.2, 0) is 0 Å². The quantitative estimate of drug-likeness (QED) is 0.784. The Morgan fingerprint density at radius 1 is 1.19 bits per heavy atom. The fraction of sp³-hybridized carbons (Fsp3) is 0.625. The molecule has 1 rings (SSSR count). The fourth-order valence-electron chi connectivity index (χ4n) is 2.53. The zero-order valence-electron chi connectivity index (χ0n) is 13.0. The lowest BCUT2D eigenvalue weighted by Crippen LogP contribution is -2.35. The van der Waals surface area contributed by atoms with E-state index in [0.29, 0.717) is 6.54 Å². The number of benzene rings is 1. The summed E-state index contributed by atoms with van der Waals surface area (Å²) < 4.78 is 36.8. The molecule has 0 bridgehead atoms. The summed E-state index contributed by atoms with van der Waals surface area (Å²) in [6, 6.07) is 10.2. The minimum Gasteiger partial charge on any atom is -0.310 e. The number of rotatable bonds is 8. The highest BCUT2D eigenvalue weighted by atomic mass is 19.4. The van der Waals surface area contributed by atoms with Gasteiger partial charge in [-0.25, -0.2) is 0 Å². The standard InChI is InChI=1S/C16H25F3N2/c1-4-20-15(14-8-6-5-7-9-14)13(2)12-21(3)11-10-16(17,18)19/h5-9,13,15,20H,4,10-12H2,1-3H3. The average molecular weight is 302 g/mol. The molecule has 0 amide bonds. The van der Waals surface area contributed by atoms with Gasteiger partial charge in [-0.05, 0) is 25.1 Å². The Hall–Kier alpha value is -1.07. The van der Waals surface area contributed by atoms with E-state index < -0.39 is 12.6 Å². The largest absolute Gasteiger partial charge is 0.390 e. The molecule has 0 spiro atoms. The highest BCUT2D eigenvalue weighted by Gasteiger charge is 2.28. The van der Waals surface area contributed by atoms with Crippen molar-refractivity contribution >= 4 is 0 Å². The molecule has 2 unspecified atom stereocenters. The molecule has 2 nitrogen and oxygen atoms in total. The Morgan fingerprint density at radius 3 is 2.33 bits per heavy atom. The molecule has 1 N–H and O–H groups in total. The van der Waals surface area contributed by atoms with E-state index in [1.54, 1.807) is 11.9 Å². The van der Waals surface area contributed by atoms with Crippen LogP contribution >= 0.6 is 0 Å². The molecule has 1 aromatic carbocycles. The number of alkyl halides is 3. The van der Waals surface area contributed by atoms with Gasteiger partial charge in [-0.2, -0.15) is 13.2 Å². The first kappa shape index (κ1) is 18.0. The highest BCUT2D eigenvalue weighted by Crippen LogP contribution is 2.24. The lowest BCUT2D eigenvalue weighted by molar-refractivity contribution is -0.137. The van der Waals surface area contributed by atoms with Gasteiger partial charge in [-0.15, -0.1) is 0 Å². The Kier molecular flexibility index (Phi) is 7.18. The minimum atomic E-state index is -4.09. The predicted octanol–water partition coefficient (Wildman–Crippen LogP) is 3.86. The second kappa shape index (κ2) is 8.39. The van der Waals surface area contributed by atoms with Crippen LogP contribution in [0.2, 0.25) is 0 Å². The first-order valence-electron chi connectivity index (χ1n) is 7.37. The van der Waals surface area contributed by atoms with Gasteiger partial charge in [-0.1, -0.05) is 44.2 Å². The second-order valence-electron chi connectivity index (χ2n) is 5.55. The Labute approximate surface area is 125 Å². The van der Waals surface area contributed by atoms with E-state index in [0.717, 1.165) is 6.54 Å². The van der Waals surface area contributed by atoms with E-state index in [2.05, 4.69) is 24.4 Å². The third kappa shape index (κ3) is 6.96. The Balaban J connectivity index is 2.59. The first-order valence-corrected chi connectivity index (χ1v) is 7.37. The van der Waals surface area contributed by atoms with Crippen molar-refractivity contribution in [3.63, 3.8) is 0 Å². The van der Waals surface area contributed by atoms with E-state index in [4.69, 9.17) is 0 Å². The lowest BCUT2D eigenvalue weighted by atomic mass is 9.94. The molecular weight excluding hydrogens is 277 g/mol. The maximum Gasteiger partial charge on any atom is 0.390 e. The van der Waals surface area contributed by atoms with Crippen LogP contribution in [0.5, 0.6) is 0 Å². The van der Waals surface area contributed by atoms with E-state index in [-0.39, 0.29) is 18.5 Å². The van der Waals surface area contributed by atoms with E-state index >= 15 is 0 Å². The van der Waals surface area contributed by atoms with Gasteiger partial charge in [0.25, 0.3) is 0 Å². The van der Waals surface area contributed by atoms with Crippen LogP contribution in [0.3, 0.4) is 0 Å². The summed E-state index contributed by atoms with van der Waals surface area (Å²) in [6.07, 6.45) is -4.84. The van der Waals surface area contributed by atoms with Crippen LogP contribution in [0.4, 0.5) is 13.2 Å². The molecule has 0 aliphatic rings. The van der Waals surface area contributed by atoms with Gasteiger partial charge < -0.3 is 10.2 Å². The summed E-state index contributed by atoms with van der Waals surface area (Å²) in [6.45, 7) is 5.61. The third-order valence-corrected chi connectivity index (χ3v) is 3.53. The first-order chi connectivity index (χ1) is 9.83. The van der Waals surface area contributed by atoms with Crippen molar-refractivity contribution in [2.45, 2.75) is 32.5 Å². The SMILES string of the molecule is CCNC(c1ccccc1)C(C)CN(C)CCC(F)(F)F. The summed E-state index contributed by atoms with van der Waals surface area (Å²) in [7, 11) is 1.75. The van der Waals surface area contributed by atoms with E-state index in [1.807, 2.05) is 25.1 Å². The molecule has 5 heteroatoms. The third-order valence-electron chi connectivity index (χ3n) is 3.53. The maximum absolute atomic E-state index is 12.3. The average Bonchev–Trinajstić information content (AvgIpc) is 2.42. The van der Waals surface area contributed by atoms with Crippen molar-refractivity contribution in [2.24, 2.45) is 5.92 Å². The van der Waals surface area contributed by atoms with E-state index in [9.17, 15) is 13.2 Å². The van der Waals surface area contributed by atoms with Crippen molar-refractivity contribution in [1.29, 1.82) is 0 Å². The van der Waals surface area contributed by atoms with Crippen molar-refractivity contribution in [2.75, 3.05) is 26.7 Å². The van der Waals surface area contributed by atoms with Crippen LogP contribution in [0.15, 0.2) is 30.3 Å². The molecule has 0 radical (unpaired) electrons. The van der Waals surface area contributed by atoms with Gasteiger partial charge in [0, 0.05) is 19.1 Å². The number of hydrogen-bond acceptors (Lipinski definition) is 2. The molecule has 2 atom stereocenters. The number of hydrogen-bond donors (Lipinski definition) is 1. The smallest absolute Gasteiger partial charge is 0.310 e. The molecule has 21 heavy (non-hydrogen) atoms. The monoisotopic (exact) mass is 302 g/mol. The Morgan fingerprint density at radius 2 is 1.81 bits per heavy atom. The minimum absolute atomic E-state index is 0.0431. The van der Waals surface area contributed by atoms with Crippen LogP contribution < -0.4 is 5.32 Å². The molecule has 0 aromatic heterocycles. The van der Waals surface area contributed by atoms with Crippen molar-refractivity contribution in [3.8, 4) is 0 Å². The molecule has 0 aliphatic heterocycles.